The van der Waals surface area contributed by atoms with Crippen LogP contribution in [-0.4, -0.2) is 26.5 Å². The summed E-state index contributed by atoms with van der Waals surface area (Å²) in [5.74, 6) is 2.47. The van der Waals surface area contributed by atoms with E-state index in [1.165, 1.54) is 0 Å². The molecule has 0 aromatic heterocycles. The minimum absolute atomic E-state index is 0.794. The van der Waals surface area contributed by atoms with Crippen molar-refractivity contribution in [2.24, 2.45) is 0 Å². The van der Waals surface area contributed by atoms with Crippen LogP contribution in [0, 0.1) is 0 Å². The third-order valence-corrected chi connectivity index (χ3v) is 2.33. The zero-order chi connectivity index (χ0) is 11.1. The number of ether oxygens (including phenoxy) is 2. The van der Waals surface area contributed by atoms with E-state index in [1.807, 2.05) is 18.2 Å². The summed E-state index contributed by atoms with van der Waals surface area (Å²) in [6, 6.07) is 5.74. The lowest BCUT2D eigenvalue weighted by molar-refractivity contribution is 0.394. The van der Waals surface area contributed by atoms with Crippen molar-refractivity contribution in [2.45, 2.75) is 6.42 Å². The molecule has 15 heavy (non-hydrogen) atoms. The summed E-state index contributed by atoms with van der Waals surface area (Å²) < 4.78 is 10.3. The first-order valence-corrected chi connectivity index (χ1v) is 5.51. The van der Waals surface area contributed by atoms with Gasteiger partial charge in [-0.3, -0.25) is 0 Å². The Kier molecular flexibility index (Phi) is 5.18. The van der Waals surface area contributed by atoms with Gasteiger partial charge in [-0.1, -0.05) is 0 Å². The number of hydrogen-bond donors (Lipinski definition) is 2. The number of rotatable bonds is 6. The van der Waals surface area contributed by atoms with Crippen LogP contribution in [0.1, 0.15) is 6.42 Å². The van der Waals surface area contributed by atoms with Crippen molar-refractivity contribution in [3.05, 3.63) is 18.2 Å². The maximum Gasteiger partial charge on any atom is 0.124 e. The van der Waals surface area contributed by atoms with Crippen LogP contribution in [-0.2, 0) is 0 Å². The zero-order valence-electron chi connectivity index (χ0n) is 9.12. The Hall–Kier alpha value is -1.03. The van der Waals surface area contributed by atoms with E-state index in [4.69, 9.17) is 9.47 Å². The number of hydrogen-bond acceptors (Lipinski definition) is 4. The van der Waals surface area contributed by atoms with Gasteiger partial charge in [-0.15, -0.1) is 0 Å². The topological polar surface area (TPSA) is 30.5 Å². The Balaban J connectivity index is 2.68. The molecule has 0 saturated heterocycles. The molecule has 3 nitrogen and oxygen atoms in total. The van der Waals surface area contributed by atoms with E-state index in [0.29, 0.717) is 0 Å². The van der Waals surface area contributed by atoms with Crippen LogP contribution in [0.2, 0.25) is 0 Å². The zero-order valence-corrected chi connectivity index (χ0v) is 10.0. The highest BCUT2D eigenvalue weighted by molar-refractivity contribution is 7.80. The first kappa shape index (κ1) is 12.0. The van der Waals surface area contributed by atoms with Crippen LogP contribution in [0.15, 0.2) is 18.2 Å². The first-order chi connectivity index (χ1) is 7.30. The van der Waals surface area contributed by atoms with Crippen molar-refractivity contribution >= 4 is 18.3 Å². The fourth-order valence-electron chi connectivity index (χ4n) is 1.22. The van der Waals surface area contributed by atoms with Gasteiger partial charge in [-0.05, 0) is 12.2 Å². The smallest absolute Gasteiger partial charge is 0.124 e. The monoisotopic (exact) mass is 227 g/mol. The highest BCUT2D eigenvalue weighted by Crippen LogP contribution is 2.25. The van der Waals surface area contributed by atoms with Gasteiger partial charge in [0.1, 0.15) is 11.5 Å². The Bertz CT molecular complexity index is 282. The van der Waals surface area contributed by atoms with E-state index in [2.05, 4.69) is 17.9 Å². The molecule has 0 atom stereocenters. The molecule has 0 spiro atoms. The molecule has 1 aromatic rings. The molecule has 0 radical (unpaired) electrons. The van der Waals surface area contributed by atoms with Crippen molar-refractivity contribution in [3.8, 4) is 11.5 Å². The highest BCUT2D eigenvalue weighted by Gasteiger charge is 2.00. The van der Waals surface area contributed by atoms with Crippen molar-refractivity contribution in [1.82, 2.24) is 0 Å². The van der Waals surface area contributed by atoms with Crippen molar-refractivity contribution in [2.75, 3.05) is 31.8 Å². The maximum absolute atomic E-state index is 5.17. The average Bonchev–Trinajstić information content (AvgIpc) is 2.29. The molecule has 1 N–H and O–H groups in total. The second kappa shape index (κ2) is 6.45. The molecule has 0 aliphatic heterocycles. The van der Waals surface area contributed by atoms with Crippen LogP contribution in [0.25, 0.3) is 0 Å². The molecule has 0 unspecified atom stereocenters. The number of thiol groups is 1. The summed E-state index contributed by atoms with van der Waals surface area (Å²) in [5, 5.41) is 3.29. The summed E-state index contributed by atoms with van der Waals surface area (Å²) >= 11 is 4.16. The fraction of sp³-hybridized carbons (Fsp3) is 0.455. The molecule has 4 heteroatoms. The van der Waals surface area contributed by atoms with Gasteiger partial charge in [0.25, 0.3) is 0 Å². The third-order valence-electron chi connectivity index (χ3n) is 2.02. The number of anilines is 1. The summed E-state index contributed by atoms with van der Waals surface area (Å²) in [7, 11) is 3.29. The van der Waals surface area contributed by atoms with Gasteiger partial charge in [0.05, 0.1) is 14.2 Å². The highest BCUT2D eigenvalue weighted by atomic mass is 32.1. The molecular weight excluding hydrogens is 210 g/mol. The van der Waals surface area contributed by atoms with Gasteiger partial charge in [0.15, 0.2) is 0 Å². The molecule has 0 amide bonds. The molecule has 0 aliphatic carbocycles. The van der Waals surface area contributed by atoms with Gasteiger partial charge in [0.2, 0.25) is 0 Å². The van der Waals surface area contributed by atoms with E-state index in [9.17, 15) is 0 Å². The number of nitrogens with one attached hydrogen (secondary N) is 1. The van der Waals surface area contributed by atoms with Gasteiger partial charge >= 0.3 is 0 Å². The molecule has 1 aromatic carbocycles. The molecule has 0 fully saturated rings. The predicted molar refractivity (Wildman–Crippen MR) is 66.5 cm³/mol. The van der Waals surface area contributed by atoms with Crippen LogP contribution in [0.5, 0.6) is 11.5 Å². The van der Waals surface area contributed by atoms with Crippen molar-refractivity contribution < 1.29 is 9.47 Å². The van der Waals surface area contributed by atoms with E-state index in [-0.39, 0.29) is 0 Å². The standard InChI is InChI=1S/C11H17NO2S/c1-13-10-6-9(12-4-3-5-15)7-11(8-10)14-2/h6-8,12,15H,3-5H2,1-2H3. The Morgan fingerprint density at radius 2 is 1.73 bits per heavy atom. The lowest BCUT2D eigenvalue weighted by Crippen LogP contribution is -2.02. The predicted octanol–water partition coefficient (Wildman–Crippen LogP) is 2.44. The SMILES string of the molecule is COc1cc(NCCCS)cc(OC)c1. The third kappa shape index (κ3) is 3.91. The lowest BCUT2D eigenvalue weighted by Gasteiger charge is -2.10. The first-order valence-electron chi connectivity index (χ1n) is 4.88. The van der Waals surface area contributed by atoms with Crippen LogP contribution < -0.4 is 14.8 Å². The van der Waals surface area contributed by atoms with Gasteiger partial charge < -0.3 is 14.8 Å². The molecule has 1 rings (SSSR count). The van der Waals surface area contributed by atoms with Crippen LogP contribution >= 0.6 is 12.6 Å². The van der Waals surface area contributed by atoms with E-state index in [1.54, 1.807) is 14.2 Å². The largest absolute Gasteiger partial charge is 0.497 e. The molecule has 0 heterocycles. The normalized spacial score (nSPS) is 9.80. The van der Waals surface area contributed by atoms with Gasteiger partial charge in [0, 0.05) is 30.4 Å². The summed E-state index contributed by atoms with van der Waals surface area (Å²) in [4.78, 5) is 0. The second-order valence-corrected chi connectivity index (χ2v) is 3.55. The lowest BCUT2D eigenvalue weighted by atomic mass is 10.2. The quantitative estimate of drug-likeness (QED) is 0.578. The molecule has 0 aliphatic rings. The molecule has 84 valence electrons. The van der Waals surface area contributed by atoms with Crippen LogP contribution in [0.4, 0.5) is 5.69 Å². The Morgan fingerprint density at radius 1 is 1.13 bits per heavy atom. The Morgan fingerprint density at radius 3 is 2.20 bits per heavy atom. The van der Waals surface area contributed by atoms with E-state index in [0.717, 1.165) is 35.9 Å². The van der Waals surface area contributed by atoms with E-state index < -0.39 is 0 Å². The van der Waals surface area contributed by atoms with Gasteiger partial charge in [-0.2, -0.15) is 12.6 Å². The fourth-order valence-corrected chi connectivity index (χ4v) is 1.38. The Labute approximate surface area is 96.2 Å². The molecular formula is C11H17NO2S. The number of methoxy groups -OCH3 is 2. The molecule has 0 saturated carbocycles. The second-order valence-electron chi connectivity index (χ2n) is 3.11. The van der Waals surface area contributed by atoms with Crippen molar-refractivity contribution in [3.63, 3.8) is 0 Å². The summed E-state index contributed by atoms with van der Waals surface area (Å²) in [5.41, 5.74) is 1.01. The number of benzene rings is 1. The molecule has 0 bridgehead atoms. The summed E-state index contributed by atoms with van der Waals surface area (Å²) in [6.45, 7) is 0.903. The van der Waals surface area contributed by atoms with Gasteiger partial charge in [-0.25, -0.2) is 0 Å². The minimum atomic E-state index is 0.794. The van der Waals surface area contributed by atoms with Crippen LogP contribution in [0.3, 0.4) is 0 Å². The minimum Gasteiger partial charge on any atom is -0.497 e. The maximum atomic E-state index is 5.17. The summed E-state index contributed by atoms with van der Waals surface area (Å²) in [6.07, 6.45) is 1.03. The van der Waals surface area contributed by atoms with E-state index >= 15 is 0 Å². The van der Waals surface area contributed by atoms with Crippen molar-refractivity contribution in [1.29, 1.82) is 0 Å². The average molecular weight is 227 g/mol.